The van der Waals surface area contributed by atoms with Gasteiger partial charge in [0.05, 0.1) is 0 Å². The molecule has 0 saturated carbocycles. The van der Waals surface area contributed by atoms with Crippen molar-refractivity contribution in [2.45, 2.75) is 52.0 Å². The summed E-state index contributed by atoms with van der Waals surface area (Å²) >= 11 is 0. The van der Waals surface area contributed by atoms with Crippen LogP contribution in [-0.2, 0) is 0 Å². The number of hydrogen-bond donors (Lipinski definition) is 2. The maximum Gasteiger partial charge on any atom is 0.0347 e. The Labute approximate surface area is 136 Å². The minimum Gasteiger partial charge on any atom is -0.383 e. The Morgan fingerprint density at radius 1 is 1.27 bits per heavy atom. The molecular weight excluding hydrogens is 268 g/mol. The van der Waals surface area contributed by atoms with Gasteiger partial charge in [0, 0.05) is 18.3 Å². The molecule has 0 radical (unpaired) electrons. The normalized spacial score (nSPS) is 12.0. The molecule has 1 atom stereocenters. The molecular formula is C20H32N2. The zero-order chi connectivity index (χ0) is 16.4. The lowest BCUT2D eigenvalue weighted by Crippen LogP contribution is -2.32. The molecule has 0 fully saturated rings. The van der Waals surface area contributed by atoms with Crippen LogP contribution < -0.4 is 10.6 Å². The number of benzene rings is 1. The average Bonchev–Trinajstić information content (AvgIpc) is 2.53. The molecule has 0 aliphatic carbocycles. The Morgan fingerprint density at radius 3 is 2.64 bits per heavy atom. The third-order valence-corrected chi connectivity index (χ3v) is 4.10. The van der Waals surface area contributed by atoms with Gasteiger partial charge in [-0.1, -0.05) is 63.5 Å². The lowest BCUT2D eigenvalue weighted by atomic mass is 10.0. The fourth-order valence-electron chi connectivity index (χ4n) is 2.62. The van der Waals surface area contributed by atoms with Crippen molar-refractivity contribution in [1.82, 2.24) is 5.32 Å². The third kappa shape index (κ3) is 6.07. The van der Waals surface area contributed by atoms with Gasteiger partial charge in [-0.15, -0.1) is 0 Å². The SMILES string of the molecule is C=Cc1ccc(NCC(CCCCCC)NC)cc1C(=C)C. The number of hydrogen-bond acceptors (Lipinski definition) is 2. The van der Waals surface area contributed by atoms with Crippen molar-refractivity contribution in [3.8, 4) is 0 Å². The highest BCUT2D eigenvalue weighted by Gasteiger charge is 2.07. The second kappa shape index (κ2) is 10.2. The van der Waals surface area contributed by atoms with Gasteiger partial charge >= 0.3 is 0 Å². The van der Waals surface area contributed by atoms with Gasteiger partial charge in [0.15, 0.2) is 0 Å². The van der Waals surface area contributed by atoms with Gasteiger partial charge in [-0.2, -0.15) is 0 Å². The molecule has 1 aromatic rings. The molecule has 0 saturated heterocycles. The Morgan fingerprint density at radius 2 is 2.05 bits per heavy atom. The van der Waals surface area contributed by atoms with Gasteiger partial charge in [0.25, 0.3) is 0 Å². The van der Waals surface area contributed by atoms with E-state index in [4.69, 9.17) is 0 Å². The average molecular weight is 300 g/mol. The molecule has 1 unspecified atom stereocenters. The lowest BCUT2D eigenvalue weighted by Gasteiger charge is -2.18. The largest absolute Gasteiger partial charge is 0.383 e. The summed E-state index contributed by atoms with van der Waals surface area (Å²) in [5.74, 6) is 0. The standard InChI is InChI=1S/C20H32N2/c1-6-8-9-10-11-19(21-5)15-22-18-13-12-17(7-2)20(14-18)16(3)4/h7,12-14,19,21-22H,2-3,6,8-11,15H2,1,4-5H3. The van der Waals surface area contributed by atoms with Crippen LogP contribution in [-0.4, -0.2) is 19.6 Å². The first kappa shape index (κ1) is 18.5. The number of unbranched alkanes of at least 4 members (excludes halogenated alkanes) is 3. The van der Waals surface area contributed by atoms with E-state index in [0.29, 0.717) is 6.04 Å². The number of likely N-dealkylation sites (N-methyl/N-ethyl adjacent to an activating group) is 1. The Kier molecular flexibility index (Phi) is 8.61. The van der Waals surface area contributed by atoms with E-state index in [1.807, 2.05) is 20.0 Å². The van der Waals surface area contributed by atoms with E-state index in [-0.39, 0.29) is 0 Å². The topological polar surface area (TPSA) is 24.1 Å². The minimum atomic E-state index is 0.518. The molecule has 0 bridgehead atoms. The van der Waals surface area contributed by atoms with Crippen molar-refractivity contribution < 1.29 is 0 Å². The smallest absolute Gasteiger partial charge is 0.0347 e. The summed E-state index contributed by atoms with van der Waals surface area (Å²) in [6.45, 7) is 13.2. The van der Waals surface area contributed by atoms with Gasteiger partial charge in [-0.05, 0) is 43.7 Å². The molecule has 0 spiro atoms. The van der Waals surface area contributed by atoms with E-state index >= 15 is 0 Å². The molecule has 1 aromatic carbocycles. The molecule has 1 rings (SSSR count). The number of rotatable bonds is 11. The predicted octanol–water partition coefficient (Wildman–Crippen LogP) is 5.33. The first-order valence-corrected chi connectivity index (χ1v) is 8.45. The molecule has 122 valence electrons. The van der Waals surface area contributed by atoms with Gasteiger partial charge < -0.3 is 10.6 Å². The summed E-state index contributed by atoms with van der Waals surface area (Å²) in [5, 5.41) is 6.96. The third-order valence-electron chi connectivity index (χ3n) is 4.10. The van der Waals surface area contributed by atoms with Crippen molar-refractivity contribution in [2.24, 2.45) is 0 Å². The van der Waals surface area contributed by atoms with Crippen molar-refractivity contribution in [3.05, 3.63) is 42.5 Å². The van der Waals surface area contributed by atoms with E-state index in [0.717, 1.165) is 23.4 Å². The predicted molar refractivity (Wildman–Crippen MR) is 101 cm³/mol. The fourth-order valence-corrected chi connectivity index (χ4v) is 2.62. The number of allylic oxidation sites excluding steroid dienone is 1. The fraction of sp³-hybridized carbons (Fsp3) is 0.500. The Hall–Kier alpha value is -1.54. The molecule has 0 aliphatic heterocycles. The Balaban J connectivity index is 2.56. The summed E-state index contributed by atoms with van der Waals surface area (Å²) in [5.41, 5.74) is 4.53. The van der Waals surface area contributed by atoms with E-state index in [1.54, 1.807) is 0 Å². The maximum atomic E-state index is 4.06. The number of anilines is 1. The van der Waals surface area contributed by atoms with Gasteiger partial charge in [0.2, 0.25) is 0 Å². The molecule has 22 heavy (non-hydrogen) atoms. The van der Waals surface area contributed by atoms with Crippen LogP contribution in [0.15, 0.2) is 31.4 Å². The zero-order valence-corrected chi connectivity index (χ0v) is 14.5. The van der Waals surface area contributed by atoms with Crippen molar-refractivity contribution in [3.63, 3.8) is 0 Å². The molecule has 0 amide bonds. The molecule has 2 N–H and O–H groups in total. The summed E-state index contributed by atoms with van der Waals surface area (Å²) in [7, 11) is 2.05. The van der Waals surface area contributed by atoms with E-state index in [1.165, 1.54) is 37.7 Å². The van der Waals surface area contributed by atoms with Crippen LogP contribution in [0.1, 0.15) is 57.1 Å². The van der Waals surface area contributed by atoms with Crippen LogP contribution in [0, 0.1) is 0 Å². The van der Waals surface area contributed by atoms with E-state index in [9.17, 15) is 0 Å². The molecule has 0 heterocycles. The van der Waals surface area contributed by atoms with Crippen LogP contribution in [0.2, 0.25) is 0 Å². The highest BCUT2D eigenvalue weighted by Crippen LogP contribution is 2.23. The molecule has 2 heteroatoms. The van der Waals surface area contributed by atoms with Crippen LogP contribution in [0.5, 0.6) is 0 Å². The molecule has 0 aromatic heterocycles. The van der Waals surface area contributed by atoms with Crippen LogP contribution >= 0.6 is 0 Å². The van der Waals surface area contributed by atoms with Crippen molar-refractivity contribution >= 4 is 17.3 Å². The van der Waals surface area contributed by atoms with Gasteiger partial charge in [-0.25, -0.2) is 0 Å². The summed E-state index contributed by atoms with van der Waals surface area (Å²) in [4.78, 5) is 0. The highest BCUT2D eigenvalue weighted by molar-refractivity contribution is 5.74. The quantitative estimate of drug-likeness (QED) is 0.539. The molecule has 0 aliphatic rings. The first-order valence-electron chi connectivity index (χ1n) is 8.45. The number of nitrogens with one attached hydrogen (secondary N) is 2. The van der Waals surface area contributed by atoms with Gasteiger partial charge in [0.1, 0.15) is 0 Å². The van der Waals surface area contributed by atoms with Crippen molar-refractivity contribution in [1.29, 1.82) is 0 Å². The van der Waals surface area contributed by atoms with Crippen LogP contribution in [0.4, 0.5) is 5.69 Å². The summed E-state index contributed by atoms with van der Waals surface area (Å²) in [6, 6.07) is 6.91. The first-order chi connectivity index (χ1) is 10.6. The van der Waals surface area contributed by atoms with Crippen molar-refractivity contribution in [2.75, 3.05) is 18.9 Å². The minimum absolute atomic E-state index is 0.518. The second-order valence-corrected chi connectivity index (χ2v) is 6.00. The van der Waals surface area contributed by atoms with Crippen LogP contribution in [0.3, 0.4) is 0 Å². The summed E-state index contributed by atoms with van der Waals surface area (Å²) in [6.07, 6.45) is 8.38. The van der Waals surface area contributed by atoms with Gasteiger partial charge in [-0.3, -0.25) is 0 Å². The lowest BCUT2D eigenvalue weighted by molar-refractivity contribution is 0.503. The Bertz CT molecular complexity index is 477. The molecule has 2 nitrogen and oxygen atoms in total. The van der Waals surface area contributed by atoms with E-state index < -0.39 is 0 Å². The second-order valence-electron chi connectivity index (χ2n) is 6.00. The van der Waals surface area contributed by atoms with E-state index in [2.05, 4.69) is 48.9 Å². The monoisotopic (exact) mass is 300 g/mol. The zero-order valence-electron chi connectivity index (χ0n) is 14.5. The van der Waals surface area contributed by atoms with Crippen LogP contribution in [0.25, 0.3) is 11.6 Å². The highest BCUT2D eigenvalue weighted by atomic mass is 15.0. The maximum absolute atomic E-state index is 4.06. The summed E-state index contributed by atoms with van der Waals surface area (Å²) < 4.78 is 0.